The number of carbonyl (C=O) groups is 1. The van der Waals surface area contributed by atoms with Gasteiger partial charge < -0.3 is 10.2 Å². The number of carbonyl (C=O) groups excluding carboxylic acids is 1. The first-order valence-electron chi connectivity index (χ1n) is 8.85. The summed E-state index contributed by atoms with van der Waals surface area (Å²) in [5.41, 5.74) is 0.309. The Balaban J connectivity index is 0.00000225. The molecule has 1 aromatic rings. The molecule has 1 aliphatic heterocycles. The number of likely N-dealkylation sites (tertiary alicyclic amines) is 1. The lowest BCUT2D eigenvalue weighted by molar-refractivity contribution is 0.0701. The summed E-state index contributed by atoms with van der Waals surface area (Å²) in [6.45, 7) is 4.06. The summed E-state index contributed by atoms with van der Waals surface area (Å²) in [7, 11) is -3.39. The molecule has 1 heterocycles. The Morgan fingerprint density at radius 1 is 1.16 bits per heavy atom. The van der Waals surface area contributed by atoms with Crippen LogP contribution in [-0.2, 0) is 9.84 Å². The lowest BCUT2D eigenvalue weighted by atomic mass is 10.0. The fraction of sp³-hybridized carbons (Fsp3) is 0.611. The van der Waals surface area contributed by atoms with Crippen molar-refractivity contribution in [1.29, 1.82) is 0 Å². The maximum Gasteiger partial charge on any atom is 0.255 e. The quantitative estimate of drug-likeness (QED) is 0.815. The van der Waals surface area contributed by atoms with Crippen LogP contribution in [0.25, 0.3) is 0 Å². The second-order valence-corrected chi connectivity index (χ2v) is 9.06. The summed E-state index contributed by atoms with van der Waals surface area (Å²) in [4.78, 5) is 14.8. The molecule has 0 spiro atoms. The first kappa shape index (κ1) is 20.2. The van der Waals surface area contributed by atoms with Crippen molar-refractivity contribution in [2.24, 2.45) is 5.92 Å². The van der Waals surface area contributed by atoms with Crippen LogP contribution in [0, 0.1) is 5.92 Å². The molecular weight excluding hydrogens is 360 g/mol. The number of nitrogens with one attached hydrogen (secondary N) is 1. The van der Waals surface area contributed by atoms with Crippen molar-refractivity contribution in [1.82, 2.24) is 10.2 Å². The molecular formula is C18H27ClN2O3S. The maximum atomic E-state index is 12.8. The van der Waals surface area contributed by atoms with Gasteiger partial charge in [-0.2, -0.15) is 0 Å². The number of nitrogens with zero attached hydrogens (tertiary/aromatic N) is 1. The molecule has 1 amide bonds. The molecule has 3 rings (SSSR count). The van der Waals surface area contributed by atoms with Gasteiger partial charge in [0, 0.05) is 19.1 Å². The third-order valence-electron chi connectivity index (χ3n) is 5.01. The van der Waals surface area contributed by atoms with Gasteiger partial charge >= 0.3 is 0 Å². The highest BCUT2D eigenvalue weighted by Crippen LogP contribution is 2.28. The van der Waals surface area contributed by atoms with E-state index in [0.29, 0.717) is 24.7 Å². The normalized spacial score (nSPS) is 18.7. The van der Waals surface area contributed by atoms with E-state index in [2.05, 4.69) is 5.32 Å². The molecule has 2 aliphatic rings. The SMILES string of the molecule is CCS(=O)(=O)c1ccccc1C(=O)N1CCC(NCC2CC2)CC1.Cl. The molecule has 0 atom stereocenters. The van der Waals surface area contributed by atoms with Crippen LogP contribution in [0.2, 0.25) is 0 Å². The number of benzene rings is 1. The monoisotopic (exact) mass is 386 g/mol. The van der Waals surface area contributed by atoms with E-state index in [9.17, 15) is 13.2 Å². The van der Waals surface area contributed by atoms with Gasteiger partial charge in [-0.05, 0) is 50.3 Å². The van der Waals surface area contributed by atoms with Crippen LogP contribution in [-0.4, -0.2) is 50.7 Å². The minimum Gasteiger partial charge on any atom is -0.338 e. The van der Waals surface area contributed by atoms with E-state index in [1.54, 1.807) is 30.0 Å². The highest BCUT2D eigenvalue weighted by atomic mass is 35.5. The summed E-state index contributed by atoms with van der Waals surface area (Å²) < 4.78 is 24.5. The van der Waals surface area contributed by atoms with Gasteiger partial charge in [-0.15, -0.1) is 12.4 Å². The van der Waals surface area contributed by atoms with Crippen molar-refractivity contribution in [3.05, 3.63) is 29.8 Å². The molecule has 1 saturated heterocycles. The first-order chi connectivity index (χ1) is 11.5. The number of hydrogen-bond acceptors (Lipinski definition) is 4. The lowest BCUT2D eigenvalue weighted by Crippen LogP contribution is -2.45. The van der Waals surface area contributed by atoms with Crippen molar-refractivity contribution < 1.29 is 13.2 Å². The van der Waals surface area contributed by atoms with Crippen molar-refractivity contribution >= 4 is 28.2 Å². The minimum atomic E-state index is -3.39. The Kier molecular flexibility index (Phi) is 6.88. The van der Waals surface area contributed by atoms with Gasteiger partial charge in [0.15, 0.2) is 9.84 Å². The maximum absolute atomic E-state index is 12.8. The molecule has 2 fully saturated rings. The van der Waals surface area contributed by atoms with Gasteiger partial charge in [-0.1, -0.05) is 19.1 Å². The molecule has 7 heteroatoms. The number of piperidine rings is 1. The topological polar surface area (TPSA) is 66.5 Å². The average Bonchev–Trinajstić information content (AvgIpc) is 3.44. The molecule has 0 unspecified atom stereocenters. The highest BCUT2D eigenvalue weighted by Gasteiger charge is 2.28. The molecule has 140 valence electrons. The Morgan fingerprint density at radius 3 is 2.40 bits per heavy atom. The van der Waals surface area contributed by atoms with E-state index in [4.69, 9.17) is 0 Å². The van der Waals surface area contributed by atoms with Gasteiger partial charge in [0.2, 0.25) is 0 Å². The van der Waals surface area contributed by atoms with Crippen LogP contribution in [0.3, 0.4) is 0 Å². The van der Waals surface area contributed by atoms with Gasteiger partial charge in [0.05, 0.1) is 16.2 Å². The fourth-order valence-electron chi connectivity index (χ4n) is 3.18. The Bertz CT molecular complexity index is 696. The summed E-state index contributed by atoms with van der Waals surface area (Å²) in [5.74, 6) is 0.698. The van der Waals surface area contributed by atoms with Crippen LogP contribution in [0.15, 0.2) is 29.2 Å². The molecule has 1 aliphatic carbocycles. The number of amides is 1. The predicted molar refractivity (Wildman–Crippen MR) is 101 cm³/mol. The van der Waals surface area contributed by atoms with Crippen LogP contribution < -0.4 is 5.32 Å². The van der Waals surface area contributed by atoms with Crippen LogP contribution in [0.5, 0.6) is 0 Å². The van der Waals surface area contributed by atoms with E-state index in [1.165, 1.54) is 18.9 Å². The average molecular weight is 387 g/mol. The van der Waals surface area contributed by atoms with Crippen LogP contribution >= 0.6 is 12.4 Å². The Morgan fingerprint density at radius 2 is 1.80 bits per heavy atom. The zero-order valence-electron chi connectivity index (χ0n) is 14.6. The first-order valence-corrected chi connectivity index (χ1v) is 10.5. The third-order valence-corrected chi connectivity index (χ3v) is 6.79. The number of sulfone groups is 1. The van der Waals surface area contributed by atoms with Gasteiger partial charge in [-0.25, -0.2) is 8.42 Å². The van der Waals surface area contributed by atoms with Crippen molar-refractivity contribution in [3.63, 3.8) is 0 Å². The second-order valence-electron chi connectivity index (χ2n) is 6.82. The summed E-state index contributed by atoms with van der Waals surface area (Å²) >= 11 is 0. The fourth-order valence-corrected chi connectivity index (χ4v) is 4.27. The molecule has 25 heavy (non-hydrogen) atoms. The number of rotatable bonds is 6. The van der Waals surface area contributed by atoms with Crippen LogP contribution in [0.4, 0.5) is 0 Å². The Labute approximate surface area is 156 Å². The number of hydrogen-bond donors (Lipinski definition) is 1. The molecule has 5 nitrogen and oxygen atoms in total. The van der Waals surface area contributed by atoms with E-state index >= 15 is 0 Å². The van der Waals surface area contributed by atoms with Crippen molar-refractivity contribution in [2.75, 3.05) is 25.4 Å². The minimum absolute atomic E-state index is 0. The zero-order valence-corrected chi connectivity index (χ0v) is 16.2. The second kappa shape index (κ2) is 8.52. The standard InChI is InChI=1S/C18H26N2O3S.ClH/c1-2-24(22,23)17-6-4-3-5-16(17)18(21)20-11-9-15(10-12-20)19-13-14-7-8-14;/h3-6,14-15,19H,2,7-13H2,1H3;1H. The van der Waals surface area contributed by atoms with Crippen LogP contribution in [0.1, 0.15) is 43.0 Å². The largest absolute Gasteiger partial charge is 0.338 e. The predicted octanol–water partition coefficient (Wildman–Crippen LogP) is 2.51. The smallest absolute Gasteiger partial charge is 0.255 e. The highest BCUT2D eigenvalue weighted by molar-refractivity contribution is 7.91. The van der Waals surface area contributed by atoms with E-state index < -0.39 is 9.84 Å². The summed E-state index contributed by atoms with van der Waals surface area (Å²) in [6, 6.07) is 7.04. The van der Waals surface area contributed by atoms with Crippen molar-refractivity contribution in [2.45, 2.75) is 43.5 Å². The van der Waals surface area contributed by atoms with Gasteiger partial charge in [0.25, 0.3) is 5.91 Å². The zero-order chi connectivity index (χ0) is 17.2. The lowest BCUT2D eigenvalue weighted by Gasteiger charge is -2.33. The molecule has 1 aromatic carbocycles. The molecule has 0 bridgehead atoms. The molecule has 0 aromatic heterocycles. The van der Waals surface area contributed by atoms with Gasteiger partial charge in [0.1, 0.15) is 0 Å². The molecule has 1 N–H and O–H groups in total. The van der Waals surface area contributed by atoms with Crippen molar-refractivity contribution in [3.8, 4) is 0 Å². The summed E-state index contributed by atoms with van der Waals surface area (Å²) in [5, 5.41) is 3.59. The van der Waals surface area contributed by atoms with E-state index in [0.717, 1.165) is 25.3 Å². The van der Waals surface area contributed by atoms with E-state index in [1.807, 2.05) is 0 Å². The third kappa shape index (κ3) is 4.96. The number of halogens is 1. The Hall–Kier alpha value is -1.11. The van der Waals surface area contributed by atoms with Gasteiger partial charge in [-0.3, -0.25) is 4.79 Å². The summed E-state index contributed by atoms with van der Waals surface area (Å²) in [6.07, 6.45) is 4.54. The van der Waals surface area contributed by atoms with E-state index in [-0.39, 0.29) is 29.0 Å². The molecule has 1 saturated carbocycles. The molecule has 0 radical (unpaired) electrons.